The molecule has 0 amide bonds. The van der Waals surface area contributed by atoms with Gasteiger partial charge in [0.1, 0.15) is 23.0 Å². The largest absolute Gasteiger partial charge is 0.485 e. The minimum Gasteiger partial charge on any atom is -0.485 e. The van der Waals surface area contributed by atoms with Gasteiger partial charge >= 0.3 is 0 Å². The zero-order chi connectivity index (χ0) is 28.2. The third-order valence-corrected chi connectivity index (χ3v) is 6.57. The number of rotatable bonds is 9. The topological polar surface area (TPSA) is 88.1 Å². The Morgan fingerprint density at radius 1 is 1.10 bits per heavy atom. The van der Waals surface area contributed by atoms with Crippen molar-refractivity contribution in [1.29, 1.82) is 5.26 Å². The number of aliphatic hydroxyl groups excluding tert-OH is 1. The predicted octanol–water partition coefficient (Wildman–Crippen LogP) is 5.91. The minimum atomic E-state index is -0.735. The molecular weight excluding hydrogens is 493 g/mol. The fourth-order valence-corrected chi connectivity index (χ4v) is 4.54. The highest BCUT2D eigenvalue weighted by molar-refractivity contribution is 5.70. The summed E-state index contributed by atoms with van der Waals surface area (Å²) >= 11 is 0. The van der Waals surface area contributed by atoms with Crippen molar-refractivity contribution < 1.29 is 14.2 Å². The maximum absolute atomic E-state index is 15.4. The van der Waals surface area contributed by atoms with Gasteiger partial charge in [-0.1, -0.05) is 43.7 Å². The van der Waals surface area contributed by atoms with E-state index in [0.29, 0.717) is 57.2 Å². The number of hydrogen-bond acceptors (Lipinski definition) is 5. The molecule has 0 radical (unpaired) electrons. The Morgan fingerprint density at radius 3 is 2.46 bits per heavy atom. The Bertz CT molecular complexity index is 1580. The Balaban J connectivity index is 1.73. The van der Waals surface area contributed by atoms with Crippen molar-refractivity contribution in [3.63, 3.8) is 0 Å². The minimum absolute atomic E-state index is 0.0966. The lowest BCUT2D eigenvalue weighted by Crippen LogP contribution is -2.32. The first-order chi connectivity index (χ1) is 18.7. The highest BCUT2D eigenvalue weighted by Crippen LogP contribution is 2.27. The molecule has 0 spiro atoms. The van der Waals surface area contributed by atoms with Gasteiger partial charge in [-0.25, -0.2) is 9.37 Å². The van der Waals surface area contributed by atoms with Gasteiger partial charge < -0.3 is 9.84 Å². The van der Waals surface area contributed by atoms with E-state index in [1.54, 1.807) is 75.4 Å². The summed E-state index contributed by atoms with van der Waals surface area (Å²) in [6.07, 6.45) is 1.49. The van der Waals surface area contributed by atoms with Crippen LogP contribution in [0.1, 0.15) is 55.4 Å². The summed E-state index contributed by atoms with van der Waals surface area (Å²) in [6, 6.07) is 21.1. The maximum atomic E-state index is 15.4. The fourth-order valence-electron chi connectivity index (χ4n) is 4.54. The summed E-state index contributed by atoms with van der Waals surface area (Å²) < 4.78 is 22.7. The molecule has 4 aromatic rings. The van der Waals surface area contributed by atoms with Crippen molar-refractivity contribution in [3.05, 3.63) is 111 Å². The Hall–Kier alpha value is -4.28. The molecule has 6 nitrogen and oxygen atoms in total. The van der Waals surface area contributed by atoms with Crippen LogP contribution in [0.4, 0.5) is 4.39 Å². The average molecular weight is 526 g/mol. The average Bonchev–Trinajstić information content (AvgIpc) is 2.92. The van der Waals surface area contributed by atoms with Crippen LogP contribution in [0.2, 0.25) is 0 Å². The van der Waals surface area contributed by atoms with E-state index in [4.69, 9.17) is 9.72 Å². The third-order valence-electron chi connectivity index (χ3n) is 6.57. The molecule has 4 rings (SSSR count). The normalized spacial score (nSPS) is 11.3. The van der Waals surface area contributed by atoms with E-state index in [-0.39, 0.29) is 18.6 Å². The zero-order valence-electron chi connectivity index (χ0n) is 22.7. The van der Waals surface area contributed by atoms with Crippen molar-refractivity contribution in [2.45, 2.75) is 52.6 Å². The molecule has 0 aliphatic heterocycles. The second-order valence-electron chi connectivity index (χ2n) is 10.1. The van der Waals surface area contributed by atoms with Gasteiger partial charge in [0.2, 0.25) is 0 Å². The molecule has 0 aliphatic carbocycles. The number of nitriles is 1. The Kier molecular flexibility index (Phi) is 8.27. The molecule has 0 saturated heterocycles. The first kappa shape index (κ1) is 27.7. The van der Waals surface area contributed by atoms with Crippen LogP contribution >= 0.6 is 0 Å². The first-order valence-corrected chi connectivity index (χ1v) is 13.0. The van der Waals surface area contributed by atoms with E-state index >= 15 is 4.39 Å². The molecule has 0 aliphatic rings. The van der Waals surface area contributed by atoms with Crippen molar-refractivity contribution >= 4 is 0 Å². The lowest BCUT2D eigenvalue weighted by Gasteiger charge is -2.24. The molecule has 0 atom stereocenters. The molecule has 0 bridgehead atoms. The molecule has 1 N–H and O–H groups in total. The molecule has 3 aromatic carbocycles. The van der Waals surface area contributed by atoms with Gasteiger partial charge in [0, 0.05) is 12.0 Å². The van der Waals surface area contributed by atoms with Crippen molar-refractivity contribution in [1.82, 2.24) is 9.55 Å². The van der Waals surface area contributed by atoms with Gasteiger partial charge in [-0.05, 0) is 80.3 Å². The van der Waals surface area contributed by atoms with Crippen molar-refractivity contribution in [2.75, 3.05) is 6.61 Å². The molecule has 0 fully saturated rings. The van der Waals surface area contributed by atoms with Crippen LogP contribution in [0.3, 0.4) is 0 Å². The monoisotopic (exact) mass is 525 g/mol. The highest BCUT2D eigenvalue weighted by Gasteiger charge is 2.20. The number of aryl methyl sites for hydroxylation is 2. The number of ether oxygens (including phenoxy) is 1. The van der Waals surface area contributed by atoms with E-state index < -0.39 is 11.4 Å². The summed E-state index contributed by atoms with van der Waals surface area (Å²) in [7, 11) is 0. The lowest BCUT2D eigenvalue weighted by molar-refractivity contribution is 0.0412. The van der Waals surface area contributed by atoms with Crippen molar-refractivity contribution in [2.24, 2.45) is 0 Å². The number of aliphatic hydroxyl groups is 1. The van der Waals surface area contributed by atoms with Gasteiger partial charge in [-0.15, -0.1) is 0 Å². The molecule has 200 valence electrons. The lowest BCUT2D eigenvalue weighted by atomic mass is 9.96. The maximum Gasteiger partial charge on any atom is 0.261 e. The Labute approximate surface area is 228 Å². The number of aromatic nitrogens is 2. The van der Waals surface area contributed by atoms with Crippen LogP contribution in [0, 0.1) is 24.1 Å². The summed E-state index contributed by atoms with van der Waals surface area (Å²) in [4.78, 5) is 18.6. The molecule has 0 saturated carbocycles. The quantitative estimate of drug-likeness (QED) is 0.293. The van der Waals surface area contributed by atoms with Crippen LogP contribution < -0.4 is 10.3 Å². The number of nitrogens with zero attached hydrogens (tertiary/aromatic N) is 3. The second kappa shape index (κ2) is 11.6. The Morgan fingerprint density at radius 2 is 1.82 bits per heavy atom. The second-order valence-corrected chi connectivity index (χ2v) is 10.1. The van der Waals surface area contributed by atoms with Crippen LogP contribution in [0.5, 0.6) is 5.75 Å². The number of halogens is 1. The first-order valence-electron chi connectivity index (χ1n) is 13.0. The molecular formula is C32H32FN3O3. The standard InChI is InChI=1S/C32H32FN3O3/c1-5-8-30-28(17-23-12-11-22(18-29(23)33)27-10-7-6-9-24(27)19-34)31(38)36(21(2)35-30)25-13-15-26(16-14-25)39-32(3,4)20-37/h6-7,9-16,18,37H,5,8,17,20H2,1-4H3. The zero-order valence-corrected chi connectivity index (χ0v) is 22.7. The van der Waals surface area contributed by atoms with Crippen LogP contribution in [-0.2, 0) is 12.8 Å². The van der Waals surface area contributed by atoms with E-state index in [1.165, 1.54) is 10.6 Å². The van der Waals surface area contributed by atoms with Gasteiger partial charge in [0.05, 0.1) is 29.6 Å². The van der Waals surface area contributed by atoms with E-state index in [1.807, 2.05) is 13.0 Å². The van der Waals surface area contributed by atoms with Crippen LogP contribution in [0.25, 0.3) is 16.8 Å². The summed E-state index contributed by atoms with van der Waals surface area (Å²) in [5.74, 6) is 0.669. The van der Waals surface area contributed by atoms with Gasteiger partial charge in [-0.2, -0.15) is 5.26 Å². The van der Waals surface area contributed by atoms with Gasteiger partial charge in [-0.3, -0.25) is 9.36 Å². The number of benzene rings is 3. The number of hydrogen-bond donors (Lipinski definition) is 1. The van der Waals surface area contributed by atoms with Crippen molar-refractivity contribution in [3.8, 4) is 28.6 Å². The molecule has 1 heterocycles. The third kappa shape index (κ3) is 6.08. The highest BCUT2D eigenvalue weighted by atomic mass is 19.1. The van der Waals surface area contributed by atoms with E-state index in [9.17, 15) is 15.2 Å². The smallest absolute Gasteiger partial charge is 0.261 e. The summed E-state index contributed by atoms with van der Waals surface area (Å²) in [5.41, 5.74) is 2.88. The van der Waals surface area contributed by atoms with Gasteiger partial charge in [0.25, 0.3) is 5.56 Å². The van der Waals surface area contributed by atoms with Gasteiger partial charge in [0.15, 0.2) is 0 Å². The van der Waals surface area contributed by atoms with E-state index in [2.05, 4.69) is 6.07 Å². The van der Waals surface area contributed by atoms with Crippen LogP contribution in [-0.4, -0.2) is 26.9 Å². The molecule has 39 heavy (non-hydrogen) atoms. The molecule has 0 unspecified atom stereocenters. The molecule has 7 heteroatoms. The molecule has 1 aromatic heterocycles. The predicted molar refractivity (Wildman–Crippen MR) is 150 cm³/mol. The van der Waals surface area contributed by atoms with E-state index in [0.717, 1.165) is 6.42 Å². The van der Waals surface area contributed by atoms with Crippen LogP contribution in [0.15, 0.2) is 71.5 Å². The summed E-state index contributed by atoms with van der Waals surface area (Å²) in [5, 5.41) is 18.9. The fraction of sp³-hybridized carbons (Fsp3) is 0.281. The SMILES string of the molecule is CCCc1nc(C)n(-c2ccc(OC(C)(C)CO)cc2)c(=O)c1Cc1ccc(-c2ccccc2C#N)cc1F. The summed E-state index contributed by atoms with van der Waals surface area (Å²) in [6.45, 7) is 7.23.